The maximum Gasteiger partial charge on any atom is 0.330 e. The molecular weight excluding hydrogens is 340 g/mol. The van der Waals surface area contributed by atoms with Crippen molar-refractivity contribution in [2.45, 2.75) is 37.2 Å². The Morgan fingerprint density at radius 1 is 1.36 bits per heavy atom. The summed E-state index contributed by atoms with van der Waals surface area (Å²) in [5, 5.41) is 0. The largest absolute Gasteiger partial charge is 0.454 e. The molecule has 0 spiro atoms. The van der Waals surface area contributed by atoms with Crippen molar-refractivity contribution in [1.29, 1.82) is 0 Å². The lowest BCUT2D eigenvalue weighted by molar-refractivity contribution is -0.158. The van der Waals surface area contributed by atoms with Crippen LogP contribution in [0.1, 0.15) is 25.3 Å². The Hall–Kier alpha value is -2.02. The molecule has 2 saturated heterocycles. The highest BCUT2D eigenvalue weighted by atomic mass is 32.2. The Balaban J connectivity index is 1.52. The van der Waals surface area contributed by atoms with Gasteiger partial charge in [0.2, 0.25) is 5.91 Å². The third-order valence-corrected chi connectivity index (χ3v) is 6.25. The zero-order valence-corrected chi connectivity index (χ0v) is 15.3. The van der Waals surface area contributed by atoms with Crippen molar-refractivity contribution in [2.24, 2.45) is 0 Å². The van der Waals surface area contributed by atoms with Gasteiger partial charge in [-0.2, -0.15) is 0 Å². The highest BCUT2D eigenvalue weighted by Gasteiger charge is 2.53. The molecule has 7 heteroatoms. The topological polar surface area (TPSA) is 66.9 Å². The Morgan fingerprint density at radius 3 is 2.80 bits per heavy atom. The number of likely N-dealkylation sites (N-methyl/N-ethyl adjacent to an activating group) is 1. The number of nitrogens with zero attached hydrogens (tertiary/aromatic N) is 2. The van der Waals surface area contributed by atoms with Gasteiger partial charge >= 0.3 is 5.97 Å². The fourth-order valence-corrected chi connectivity index (χ4v) is 4.70. The van der Waals surface area contributed by atoms with Crippen LogP contribution in [-0.4, -0.2) is 57.9 Å². The summed E-state index contributed by atoms with van der Waals surface area (Å²) >= 11 is 1.61. The first-order valence-corrected chi connectivity index (χ1v) is 9.30. The van der Waals surface area contributed by atoms with Crippen molar-refractivity contribution >= 4 is 29.5 Å². The predicted molar refractivity (Wildman–Crippen MR) is 94.6 cm³/mol. The lowest BCUT2D eigenvalue weighted by Crippen LogP contribution is -2.47. The van der Waals surface area contributed by atoms with Gasteiger partial charge in [0, 0.05) is 25.8 Å². The first-order valence-electron chi connectivity index (χ1n) is 8.31. The lowest BCUT2D eigenvalue weighted by Gasteiger charge is -2.29. The Morgan fingerprint density at radius 2 is 2.08 bits per heavy atom. The number of rotatable bonds is 5. The summed E-state index contributed by atoms with van der Waals surface area (Å²) in [6, 6.07) is 9.03. The van der Waals surface area contributed by atoms with Gasteiger partial charge in [-0.1, -0.05) is 30.3 Å². The fraction of sp³-hybridized carbons (Fsp3) is 0.500. The molecule has 2 atom stereocenters. The van der Waals surface area contributed by atoms with Crippen LogP contribution in [0, 0.1) is 0 Å². The average Bonchev–Trinajstić information content (AvgIpc) is 3.09. The summed E-state index contributed by atoms with van der Waals surface area (Å²) in [4.78, 5) is 39.5. The molecule has 1 aromatic carbocycles. The first kappa shape index (κ1) is 17.8. The van der Waals surface area contributed by atoms with Crippen molar-refractivity contribution in [2.75, 3.05) is 19.4 Å². The third kappa shape index (κ3) is 3.66. The minimum Gasteiger partial charge on any atom is -0.454 e. The number of thioether (sulfide) groups is 1. The zero-order valence-electron chi connectivity index (χ0n) is 14.4. The molecule has 134 valence electrons. The number of ether oxygens (including phenoxy) is 1. The minimum absolute atomic E-state index is 0.0121. The molecule has 25 heavy (non-hydrogen) atoms. The van der Waals surface area contributed by atoms with E-state index in [2.05, 4.69) is 0 Å². The maximum atomic E-state index is 12.4. The van der Waals surface area contributed by atoms with Gasteiger partial charge in [-0.25, -0.2) is 4.79 Å². The summed E-state index contributed by atoms with van der Waals surface area (Å²) in [6.45, 7) is 2.13. The molecule has 1 aromatic rings. The van der Waals surface area contributed by atoms with Gasteiger partial charge in [0.05, 0.1) is 4.87 Å². The van der Waals surface area contributed by atoms with Crippen LogP contribution in [0.4, 0.5) is 0 Å². The summed E-state index contributed by atoms with van der Waals surface area (Å²) in [5.41, 5.74) is 1.01. The van der Waals surface area contributed by atoms with E-state index in [1.807, 2.05) is 37.3 Å². The molecule has 2 fully saturated rings. The molecule has 0 N–H and O–H groups in total. The van der Waals surface area contributed by atoms with Crippen LogP contribution in [0.3, 0.4) is 0 Å². The van der Waals surface area contributed by atoms with E-state index < -0.39 is 12.0 Å². The molecule has 0 bridgehead atoms. The van der Waals surface area contributed by atoms with E-state index in [1.54, 1.807) is 23.7 Å². The van der Waals surface area contributed by atoms with Crippen LogP contribution in [0.5, 0.6) is 0 Å². The van der Waals surface area contributed by atoms with E-state index in [-0.39, 0.29) is 23.3 Å². The number of benzene rings is 1. The standard InChI is InChI=1S/C18H22N2O4S/c1-18-9-8-15(21)20(18)14(12-25-18)17(23)24-11-16(22)19(2)10-13-6-4-3-5-7-13/h3-7,14H,8-12H2,1-2H3/t14-,18+/m0/s1. The number of carbonyl (C=O) groups excluding carboxylic acids is 3. The molecule has 0 aromatic heterocycles. The summed E-state index contributed by atoms with van der Waals surface area (Å²) in [7, 11) is 1.68. The molecule has 0 radical (unpaired) electrons. The zero-order chi connectivity index (χ0) is 18.0. The minimum atomic E-state index is -0.586. The number of carbonyl (C=O) groups is 3. The molecule has 2 amide bonds. The van der Waals surface area contributed by atoms with Crippen LogP contribution in [0.25, 0.3) is 0 Å². The van der Waals surface area contributed by atoms with E-state index in [9.17, 15) is 14.4 Å². The number of amides is 2. The van der Waals surface area contributed by atoms with Gasteiger partial charge in [0.15, 0.2) is 6.61 Å². The van der Waals surface area contributed by atoms with Gasteiger partial charge < -0.3 is 14.5 Å². The fourth-order valence-electron chi connectivity index (χ4n) is 3.28. The predicted octanol–water partition coefficient (Wildman–Crippen LogP) is 1.64. The van der Waals surface area contributed by atoms with Crippen molar-refractivity contribution in [1.82, 2.24) is 9.80 Å². The molecule has 0 unspecified atom stereocenters. The molecule has 2 heterocycles. The van der Waals surface area contributed by atoms with Crippen LogP contribution in [0.2, 0.25) is 0 Å². The van der Waals surface area contributed by atoms with Crippen LogP contribution in [-0.2, 0) is 25.7 Å². The van der Waals surface area contributed by atoms with E-state index in [1.165, 1.54) is 4.90 Å². The number of hydrogen-bond acceptors (Lipinski definition) is 5. The molecule has 0 aliphatic carbocycles. The van der Waals surface area contributed by atoms with E-state index >= 15 is 0 Å². The quantitative estimate of drug-likeness (QED) is 0.745. The Kier molecular flexibility index (Phi) is 5.03. The van der Waals surface area contributed by atoms with Crippen molar-refractivity contribution in [3.63, 3.8) is 0 Å². The van der Waals surface area contributed by atoms with Gasteiger partial charge in [-0.3, -0.25) is 9.59 Å². The molecule has 2 aliphatic rings. The van der Waals surface area contributed by atoms with Gasteiger partial charge in [0.1, 0.15) is 6.04 Å². The highest BCUT2D eigenvalue weighted by molar-refractivity contribution is 8.01. The van der Waals surface area contributed by atoms with Crippen molar-refractivity contribution in [3.8, 4) is 0 Å². The molecule has 3 rings (SSSR count). The van der Waals surface area contributed by atoms with Crippen LogP contribution in [0.15, 0.2) is 30.3 Å². The van der Waals surface area contributed by atoms with E-state index in [0.717, 1.165) is 12.0 Å². The highest BCUT2D eigenvalue weighted by Crippen LogP contribution is 2.47. The van der Waals surface area contributed by atoms with Gasteiger partial charge in [0.25, 0.3) is 5.91 Å². The maximum absolute atomic E-state index is 12.4. The van der Waals surface area contributed by atoms with Crippen LogP contribution < -0.4 is 0 Å². The normalized spacial score (nSPS) is 25.0. The van der Waals surface area contributed by atoms with Crippen molar-refractivity contribution in [3.05, 3.63) is 35.9 Å². The summed E-state index contributed by atoms with van der Waals surface area (Å²) in [5.74, 6) is -0.247. The molecular formula is C18H22N2O4S. The lowest BCUT2D eigenvalue weighted by atomic mass is 10.2. The van der Waals surface area contributed by atoms with E-state index in [4.69, 9.17) is 4.74 Å². The SMILES string of the molecule is CN(Cc1ccccc1)C(=O)COC(=O)[C@@H]1CS[C@]2(C)CCC(=O)N12. The average molecular weight is 362 g/mol. The second-order valence-electron chi connectivity index (χ2n) is 6.61. The second-order valence-corrected chi connectivity index (χ2v) is 8.11. The summed E-state index contributed by atoms with van der Waals surface area (Å²) < 4.78 is 5.21. The Bertz CT molecular complexity index is 681. The smallest absolute Gasteiger partial charge is 0.330 e. The van der Waals surface area contributed by atoms with E-state index in [0.29, 0.717) is 18.7 Å². The van der Waals surface area contributed by atoms with Crippen LogP contribution >= 0.6 is 11.8 Å². The van der Waals surface area contributed by atoms with Crippen molar-refractivity contribution < 1.29 is 19.1 Å². The Labute approximate surface area is 151 Å². The molecule has 0 saturated carbocycles. The third-order valence-electron chi connectivity index (χ3n) is 4.74. The second kappa shape index (κ2) is 7.07. The summed E-state index contributed by atoms with van der Waals surface area (Å²) in [6.07, 6.45) is 1.21. The first-order chi connectivity index (χ1) is 11.9. The van der Waals surface area contributed by atoms with Gasteiger partial charge in [-0.05, 0) is 18.9 Å². The monoisotopic (exact) mass is 362 g/mol. The number of fused-ring (bicyclic) bond motifs is 1. The van der Waals surface area contributed by atoms with Gasteiger partial charge in [-0.15, -0.1) is 11.8 Å². The molecule has 6 nitrogen and oxygen atoms in total. The molecule has 2 aliphatic heterocycles. The number of hydrogen-bond donors (Lipinski definition) is 0. The number of esters is 1.